The molecule has 1 rings (SSSR count). The van der Waals surface area contributed by atoms with E-state index in [1.165, 1.54) is 0 Å². The molecule has 0 aromatic heterocycles. The summed E-state index contributed by atoms with van der Waals surface area (Å²) in [5, 5.41) is 0. The minimum Gasteiger partial charge on any atom is -0.336 e. The van der Waals surface area contributed by atoms with Gasteiger partial charge < -0.3 is 10.6 Å². The van der Waals surface area contributed by atoms with Crippen LogP contribution in [0.4, 0.5) is 0 Å². The van der Waals surface area contributed by atoms with Crippen molar-refractivity contribution in [1.82, 2.24) is 9.80 Å². The molecule has 0 radical (unpaired) electrons. The summed E-state index contributed by atoms with van der Waals surface area (Å²) < 4.78 is 0. The van der Waals surface area contributed by atoms with Gasteiger partial charge in [-0.05, 0) is 20.8 Å². The fourth-order valence-corrected chi connectivity index (χ4v) is 2.08. The Morgan fingerprint density at radius 3 is 2.40 bits per heavy atom. The average molecular weight is 213 g/mol. The van der Waals surface area contributed by atoms with Gasteiger partial charge in [0.05, 0.1) is 6.04 Å². The van der Waals surface area contributed by atoms with Gasteiger partial charge in [0.25, 0.3) is 0 Å². The van der Waals surface area contributed by atoms with Crippen LogP contribution in [-0.4, -0.2) is 53.5 Å². The largest absolute Gasteiger partial charge is 0.336 e. The standard InChI is InChI=1S/C11H23N3O/c1-9(15)14-6-5-13(11(2,3)4)8-10(14)7-12/h10H,5-8,12H2,1-4H3/t10-/m0/s1. The van der Waals surface area contributed by atoms with Crippen LogP contribution in [-0.2, 0) is 4.79 Å². The van der Waals surface area contributed by atoms with Crippen molar-refractivity contribution >= 4 is 5.91 Å². The van der Waals surface area contributed by atoms with Gasteiger partial charge in [0.15, 0.2) is 0 Å². The predicted octanol–water partition coefficient (Wildman–Crippen LogP) is 0.276. The average Bonchev–Trinajstić information content (AvgIpc) is 2.15. The van der Waals surface area contributed by atoms with Gasteiger partial charge >= 0.3 is 0 Å². The number of nitrogens with zero attached hydrogens (tertiary/aromatic N) is 2. The number of hydrogen-bond acceptors (Lipinski definition) is 3. The Morgan fingerprint density at radius 2 is 2.00 bits per heavy atom. The van der Waals surface area contributed by atoms with E-state index in [1.54, 1.807) is 6.92 Å². The Hall–Kier alpha value is -0.610. The Kier molecular flexibility index (Phi) is 3.73. The molecule has 4 heteroatoms. The number of hydrogen-bond donors (Lipinski definition) is 1. The predicted molar refractivity (Wildman–Crippen MR) is 61.6 cm³/mol. The second-order valence-electron chi connectivity index (χ2n) is 5.22. The highest BCUT2D eigenvalue weighted by atomic mass is 16.2. The smallest absolute Gasteiger partial charge is 0.219 e. The third-order valence-electron chi connectivity index (χ3n) is 3.11. The van der Waals surface area contributed by atoms with Gasteiger partial charge in [-0.1, -0.05) is 0 Å². The molecule has 1 amide bonds. The molecular weight excluding hydrogens is 190 g/mol. The molecule has 2 N–H and O–H groups in total. The zero-order chi connectivity index (χ0) is 11.6. The number of piperazine rings is 1. The van der Waals surface area contributed by atoms with E-state index >= 15 is 0 Å². The van der Waals surface area contributed by atoms with Crippen molar-refractivity contribution < 1.29 is 4.79 Å². The summed E-state index contributed by atoms with van der Waals surface area (Å²) in [7, 11) is 0. The molecule has 0 saturated carbocycles. The molecule has 1 fully saturated rings. The first-order valence-corrected chi connectivity index (χ1v) is 5.58. The SMILES string of the molecule is CC(=O)N1CCN(C(C)(C)C)C[C@@H]1CN. The van der Waals surface area contributed by atoms with Gasteiger partial charge in [-0.25, -0.2) is 0 Å². The maximum atomic E-state index is 11.4. The molecule has 0 aliphatic carbocycles. The maximum absolute atomic E-state index is 11.4. The quantitative estimate of drug-likeness (QED) is 0.680. The van der Waals surface area contributed by atoms with Crippen molar-refractivity contribution in [2.45, 2.75) is 39.3 Å². The van der Waals surface area contributed by atoms with E-state index in [0.29, 0.717) is 6.54 Å². The second-order valence-corrected chi connectivity index (χ2v) is 5.22. The van der Waals surface area contributed by atoms with Gasteiger partial charge in [-0.2, -0.15) is 0 Å². The van der Waals surface area contributed by atoms with Gasteiger partial charge in [-0.3, -0.25) is 9.69 Å². The first-order valence-electron chi connectivity index (χ1n) is 5.58. The fourth-order valence-electron chi connectivity index (χ4n) is 2.08. The topological polar surface area (TPSA) is 49.6 Å². The molecule has 1 aliphatic heterocycles. The lowest BCUT2D eigenvalue weighted by atomic mass is 10.0. The first-order chi connectivity index (χ1) is 6.86. The van der Waals surface area contributed by atoms with Crippen LogP contribution in [0.5, 0.6) is 0 Å². The molecule has 88 valence electrons. The van der Waals surface area contributed by atoms with Crippen LogP contribution in [0.25, 0.3) is 0 Å². The zero-order valence-corrected chi connectivity index (χ0v) is 10.3. The molecule has 1 saturated heterocycles. The highest BCUT2D eigenvalue weighted by Gasteiger charge is 2.32. The summed E-state index contributed by atoms with van der Waals surface area (Å²) in [5.41, 5.74) is 5.88. The molecule has 1 aliphatic rings. The van der Waals surface area contributed by atoms with E-state index in [0.717, 1.165) is 19.6 Å². The van der Waals surface area contributed by atoms with E-state index in [2.05, 4.69) is 25.7 Å². The molecule has 4 nitrogen and oxygen atoms in total. The number of amides is 1. The molecule has 0 bridgehead atoms. The molecule has 0 unspecified atom stereocenters. The lowest BCUT2D eigenvalue weighted by molar-refractivity contribution is -0.134. The van der Waals surface area contributed by atoms with Crippen LogP contribution in [0.15, 0.2) is 0 Å². The third kappa shape index (κ3) is 2.92. The van der Waals surface area contributed by atoms with E-state index in [9.17, 15) is 4.79 Å². The minimum absolute atomic E-state index is 0.138. The number of nitrogens with two attached hydrogens (primary N) is 1. The summed E-state index contributed by atoms with van der Waals surface area (Å²) in [4.78, 5) is 15.7. The molecule has 0 aromatic rings. The van der Waals surface area contributed by atoms with E-state index in [1.807, 2.05) is 4.90 Å². The van der Waals surface area contributed by atoms with Gasteiger partial charge in [0.1, 0.15) is 0 Å². The Labute approximate surface area is 92.4 Å². The molecule has 0 spiro atoms. The van der Waals surface area contributed by atoms with Crippen molar-refractivity contribution in [2.24, 2.45) is 5.73 Å². The van der Waals surface area contributed by atoms with Crippen LogP contribution in [0.2, 0.25) is 0 Å². The Balaban J connectivity index is 2.67. The highest BCUT2D eigenvalue weighted by Crippen LogP contribution is 2.18. The normalized spacial score (nSPS) is 24.3. The monoisotopic (exact) mass is 213 g/mol. The van der Waals surface area contributed by atoms with Crippen molar-refractivity contribution in [3.8, 4) is 0 Å². The fraction of sp³-hybridized carbons (Fsp3) is 0.909. The molecule has 1 atom stereocenters. The Bertz CT molecular complexity index is 234. The van der Waals surface area contributed by atoms with Gasteiger partial charge in [0, 0.05) is 38.6 Å². The summed E-state index contributed by atoms with van der Waals surface area (Å²) in [6.07, 6.45) is 0. The van der Waals surface area contributed by atoms with Gasteiger partial charge in [0.2, 0.25) is 5.91 Å². The van der Waals surface area contributed by atoms with Crippen molar-refractivity contribution in [2.75, 3.05) is 26.2 Å². The summed E-state index contributed by atoms with van der Waals surface area (Å²) in [6.45, 7) is 11.4. The molecule has 15 heavy (non-hydrogen) atoms. The summed E-state index contributed by atoms with van der Waals surface area (Å²) in [5.74, 6) is 0.138. The lowest BCUT2D eigenvalue weighted by Crippen LogP contribution is -2.61. The van der Waals surface area contributed by atoms with Crippen LogP contribution in [0.1, 0.15) is 27.7 Å². The zero-order valence-electron chi connectivity index (χ0n) is 10.3. The molecule has 1 heterocycles. The van der Waals surface area contributed by atoms with Gasteiger partial charge in [-0.15, -0.1) is 0 Å². The minimum atomic E-state index is 0.138. The number of rotatable bonds is 1. The lowest BCUT2D eigenvalue weighted by Gasteiger charge is -2.46. The highest BCUT2D eigenvalue weighted by molar-refractivity contribution is 5.73. The van der Waals surface area contributed by atoms with E-state index in [4.69, 9.17) is 5.73 Å². The second kappa shape index (κ2) is 4.49. The molecule has 0 aromatic carbocycles. The van der Waals surface area contributed by atoms with Crippen molar-refractivity contribution in [3.05, 3.63) is 0 Å². The summed E-state index contributed by atoms with van der Waals surface area (Å²) in [6, 6.07) is 0.176. The third-order valence-corrected chi connectivity index (χ3v) is 3.11. The summed E-state index contributed by atoms with van der Waals surface area (Å²) >= 11 is 0. The van der Waals surface area contributed by atoms with Crippen LogP contribution < -0.4 is 5.73 Å². The Morgan fingerprint density at radius 1 is 1.40 bits per heavy atom. The number of carbonyl (C=O) groups excluding carboxylic acids is 1. The first kappa shape index (κ1) is 12.5. The number of carbonyl (C=O) groups is 1. The van der Waals surface area contributed by atoms with E-state index in [-0.39, 0.29) is 17.5 Å². The van der Waals surface area contributed by atoms with Crippen molar-refractivity contribution in [1.29, 1.82) is 0 Å². The van der Waals surface area contributed by atoms with Crippen LogP contribution >= 0.6 is 0 Å². The molecular formula is C11H23N3O. The van der Waals surface area contributed by atoms with E-state index < -0.39 is 0 Å². The van der Waals surface area contributed by atoms with Crippen LogP contribution in [0.3, 0.4) is 0 Å². The maximum Gasteiger partial charge on any atom is 0.219 e. The van der Waals surface area contributed by atoms with Crippen LogP contribution in [0, 0.1) is 0 Å². The van der Waals surface area contributed by atoms with Crippen molar-refractivity contribution in [3.63, 3.8) is 0 Å².